The van der Waals surface area contributed by atoms with Crippen LogP contribution in [0.2, 0.25) is 0 Å². The van der Waals surface area contributed by atoms with Crippen molar-refractivity contribution in [2.24, 2.45) is 0 Å². The van der Waals surface area contributed by atoms with Crippen LogP contribution in [0.3, 0.4) is 0 Å². The maximum absolute atomic E-state index is 9.81. The number of hydrogen-bond donors (Lipinski definition) is 2. The fraction of sp³-hybridized carbons (Fsp3) is 0.474. The molecule has 10 heteroatoms. The molecule has 0 aromatic carbocycles. The highest BCUT2D eigenvalue weighted by Crippen LogP contribution is 2.35. The lowest BCUT2D eigenvalue weighted by molar-refractivity contribution is 0.122. The van der Waals surface area contributed by atoms with Gasteiger partial charge in [-0.15, -0.1) is 11.3 Å². The Labute approximate surface area is 172 Å². The van der Waals surface area contributed by atoms with E-state index in [4.69, 9.17) is 20.4 Å². The van der Waals surface area contributed by atoms with Crippen molar-refractivity contribution in [3.63, 3.8) is 0 Å². The molecule has 1 atom stereocenters. The van der Waals surface area contributed by atoms with Gasteiger partial charge < -0.3 is 20.5 Å². The molecule has 5 heterocycles. The monoisotopic (exact) mass is 413 g/mol. The molecule has 3 aromatic heterocycles. The number of aromatic nitrogens is 4. The van der Waals surface area contributed by atoms with E-state index in [0.717, 1.165) is 60.7 Å². The number of β-amino-alcohol motifs (C(OH)–C–C–N with tert-alkyl or cyclic N) is 1. The van der Waals surface area contributed by atoms with E-state index in [-0.39, 0.29) is 12.1 Å². The minimum absolute atomic E-state index is 0.217. The average molecular weight is 414 g/mol. The summed E-state index contributed by atoms with van der Waals surface area (Å²) in [5.74, 6) is 1.76. The van der Waals surface area contributed by atoms with E-state index in [1.807, 2.05) is 0 Å². The number of nitrogens with two attached hydrogens (primary N) is 1. The van der Waals surface area contributed by atoms with Crippen molar-refractivity contribution in [3.8, 4) is 11.4 Å². The van der Waals surface area contributed by atoms with Crippen molar-refractivity contribution in [2.45, 2.75) is 19.1 Å². The van der Waals surface area contributed by atoms with Gasteiger partial charge >= 0.3 is 0 Å². The number of thiophene rings is 1. The Balaban J connectivity index is 1.55. The van der Waals surface area contributed by atoms with Crippen molar-refractivity contribution in [1.82, 2.24) is 24.8 Å². The summed E-state index contributed by atoms with van der Waals surface area (Å²) < 4.78 is 6.60. The van der Waals surface area contributed by atoms with Gasteiger partial charge in [0, 0.05) is 50.0 Å². The first-order valence-electron chi connectivity index (χ1n) is 9.77. The molecule has 0 spiro atoms. The second-order valence-electron chi connectivity index (χ2n) is 7.40. The molecule has 2 fully saturated rings. The number of likely N-dealkylation sites (tertiary alicyclic amines) is 1. The molecule has 152 valence electrons. The zero-order chi connectivity index (χ0) is 19.8. The number of nitrogens with zero attached hydrogens (tertiary/aromatic N) is 6. The smallest absolute Gasteiger partial charge is 0.219 e. The van der Waals surface area contributed by atoms with Crippen LogP contribution in [0.1, 0.15) is 11.3 Å². The van der Waals surface area contributed by atoms with Gasteiger partial charge in [-0.3, -0.25) is 4.90 Å². The maximum atomic E-state index is 9.81. The molecule has 3 aromatic rings. The number of aliphatic hydroxyl groups is 1. The van der Waals surface area contributed by atoms with Crippen LogP contribution in [0.25, 0.3) is 21.6 Å². The van der Waals surface area contributed by atoms with E-state index in [9.17, 15) is 5.11 Å². The third-order valence-corrected chi connectivity index (χ3v) is 6.38. The summed E-state index contributed by atoms with van der Waals surface area (Å²) >= 11 is 1.73. The minimum Gasteiger partial charge on any atom is -0.392 e. The third-order valence-electron chi connectivity index (χ3n) is 5.27. The number of nitrogen functional groups attached to an aromatic ring is 1. The third kappa shape index (κ3) is 3.88. The van der Waals surface area contributed by atoms with Crippen LogP contribution in [-0.4, -0.2) is 75.4 Å². The number of morpholine rings is 1. The maximum Gasteiger partial charge on any atom is 0.219 e. The van der Waals surface area contributed by atoms with E-state index in [2.05, 4.69) is 25.8 Å². The lowest BCUT2D eigenvalue weighted by atomic mass is 10.3. The summed E-state index contributed by atoms with van der Waals surface area (Å²) in [5, 5.41) is 9.81. The molecule has 9 nitrogen and oxygen atoms in total. The lowest BCUT2D eigenvalue weighted by Gasteiger charge is -2.28. The van der Waals surface area contributed by atoms with Crippen molar-refractivity contribution in [3.05, 3.63) is 23.3 Å². The van der Waals surface area contributed by atoms with Gasteiger partial charge in [0.1, 0.15) is 0 Å². The summed E-state index contributed by atoms with van der Waals surface area (Å²) in [4.78, 5) is 23.6. The Hall–Kier alpha value is -2.40. The summed E-state index contributed by atoms with van der Waals surface area (Å²) in [6.45, 7) is 5.45. The quantitative estimate of drug-likeness (QED) is 0.650. The summed E-state index contributed by atoms with van der Waals surface area (Å²) in [5.41, 5.74) is 7.29. The Morgan fingerprint density at radius 3 is 2.69 bits per heavy atom. The minimum atomic E-state index is -0.217. The Morgan fingerprint density at radius 1 is 1.17 bits per heavy atom. The second kappa shape index (κ2) is 7.79. The molecule has 0 aliphatic carbocycles. The van der Waals surface area contributed by atoms with Crippen molar-refractivity contribution in [1.29, 1.82) is 0 Å². The molecule has 2 aliphatic heterocycles. The van der Waals surface area contributed by atoms with Gasteiger partial charge in [-0.1, -0.05) is 0 Å². The van der Waals surface area contributed by atoms with Crippen molar-refractivity contribution >= 4 is 33.3 Å². The fourth-order valence-electron chi connectivity index (χ4n) is 3.79. The molecule has 1 unspecified atom stereocenters. The van der Waals surface area contributed by atoms with Gasteiger partial charge in [-0.05, 0) is 12.5 Å². The highest BCUT2D eigenvalue weighted by molar-refractivity contribution is 7.19. The van der Waals surface area contributed by atoms with Crippen LogP contribution in [0.4, 0.5) is 11.8 Å². The van der Waals surface area contributed by atoms with Crippen LogP contribution < -0.4 is 10.6 Å². The summed E-state index contributed by atoms with van der Waals surface area (Å²) in [6.07, 6.45) is 3.94. The number of ether oxygens (including phenoxy) is 1. The summed E-state index contributed by atoms with van der Waals surface area (Å²) in [7, 11) is 0. The Bertz CT molecular complexity index is 1000. The second-order valence-corrected chi connectivity index (χ2v) is 8.54. The Morgan fingerprint density at radius 2 is 1.97 bits per heavy atom. The summed E-state index contributed by atoms with van der Waals surface area (Å²) in [6, 6.07) is 2.14. The number of rotatable bonds is 4. The van der Waals surface area contributed by atoms with Crippen molar-refractivity contribution < 1.29 is 9.84 Å². The zero-order valence-electron chi connectivity index (χ0n) is 16.0. The highest BCUT2D eigenvalue weighted by Gasteiger charge is 2.23. The topological polar surface area (TPSA) is 114 Å². The SMILES string of the molecule is Nc1ncc(-c2nc(N3CCOCC3)c3sc(CN4CCC(O)C4)cc3n2)cn1. The predicted octanol–water partition coefficient (Wildman–Crippen LogP) is 1.13. The number of hydrogen-bond acceptors (Lipinski definition) is 10. The first-order chi connectivity index (χ1) is 14.2. The number of aliphatic hydroxyl groups excluding tert-OH is 1. The lowest BCUT2D eigenvalue weighted by Crippen LogP contribution is -2.36. The van der Waals surface area contributed by atoms with Gasteiger partial charge in [0.05, 0.1) is 35.1 Å². The molecule has 0 saturated carbocycles. The molecule has 5 rings (SSSR count). The van der Waals surface area contributed by atoms with Gasteiger partial charge in [-0.2, -0.15) is 0 Å². The van der Waals surface area contributed by atoms with Crippen molar-refractivity contribution in [2.75, 3.05) is 50.0 Å². The Kier molecular flexibility index (Phi) is 5.00. The van der Waals surface area contributed by atoms with E-state index in [0.29, 0.717) is 19.0 Å². The molecular formula is C19H23N7O2S. The van der Waals surface area contributed by atoms with Crippen LogP contribution in [0.15, 0.2) is 18.5 Å². The molecule has 3 N–H and O–H groups in total. The first kappa shape index (κ1) is 18.6. The van der Waals surface area contributed by atoms with E-state index < -0.39 is 0 Å². The van der Waals surface area contributed by atoms with E-state index in [1.165, 1.54) is 4.88 Å². The van der Waals surface area contributed by atoms with Gasteiger partial charge in [-0.25, -0.2) is 19.9 Å². The normalized spacial score (nSPS) is 20.6. The molecule has 0 radical (unpaired) electrons. The van der Waals surface area contributed by atoms with E-state index in [1.54, 1.807) is 23.7 Å². The van der Waals surface area contributed by atoms with Crippen LogP contribution >= 0.6 is 11.3 Å². The predicted molar refractivity (Wildman–Crippen MR) is 112 cm³/mol. The van der Waals surface area contributed by atoms with Crippen LogP contribution in [0, 0.1) is 0 Å². The first-order valence-corrected chi connectivity index (χ1v) is 10.6. The fourth-order valence-corrected chi connectivity index (χ4v) is 4.95. The van der Waals surface area contributed by atoms with Crippen LogP contribution in [0.5, 0.6) is 0 Å². The standard InChI is InChI=1S/C19H23N7O2S/c20-19-21-8-12(9-22-19)17-23-15-7-14(11-25-2-1-13(27)10-25)29-16(15)18(24-17)26-3-5-28-6-4-26/h7-9,13,27H,1-6,10-11H2,(H2,20,21,22). The van der Waals surface area contributed by atoms with Gasteiger partial charge in [0.25, 0.3) is 0 Å². The van der Waals surface area contributed by atoms with Gasteiger partial charge in [0.15, 0.2) is 11.6 Å². The highest BCUT2D eigenvalue weighted by atomic mass is 32.1. The molecule has 2 saturated heterocycles. The zero-order valence-corrected chi connectivity index (χ0v) is 16.8. The van der Waals surface area contributed by atoms with E-state index >= 15 is 0 Å². The number of anilines is 2. The molecule has 0 amide bonds. The molecular weight excluding hydrogens is 390 g/mol. The molecule has 0 bridgehead atoms. The largest absolute Gasteiger partial charge is 0.392 e. The molecule has 29 heavy (non-hydrogen) atoms. The van der Waals surface area contributed by atoms with Crippen LogP contribution in [-0.2, 0) is 11.3 Å². The molecule has 2 aliphatic rings. The number of fused-ring (bicyclic) bond motifs is 1. The van der Waals surface area contributed by atoms with Gasteiger partial charge in [0.2, 0.25) is 5.95 Å². The average Bonchev–Trinajstić information content (AvgIpc) is 3.34.